The maximum atomic E-state index is 14.0. The van der Waals surface area contributed by atoms with Gasteiger partial charge in [-0.15, -0.1) is 0 Å². The Morgan fingerprint density at radius 2 is 1.76 bits per heavy atom. The standard InChI is InChI=1S/C25H27F2N3O3/c1-23(2,33)14-28-21(31)25-11-24(12-25,13-25)16-3-5-18(6-4-16)29-22(32)30-9-15-7-17(26)8-20(27)19(15)10-30/h3-8,33H,9-14H2,1-2H3,(H,28,31)(H,29,32). The fraction of sp³-hybridized carbons (Fsp3) is 0.440. The first-order chi connectivity index (χ1) is 15.5. The van der Waals surface area contributed by atoms with Gasteiger partial charge in [0, 0.05) is 30.4 Å². The molecular weight excluding hydrogens is 428 g/mol. The van der Waals surface area contributed by atoms with Crippen molar-refractivity contribution >= 4 is 17.6 Å². The average Bonchev–Trinajstić information content (AvgIpc) is 3.10. The molecule has 2 aromatic rings. The fourth-order valence-corrected chi connectivity index (χ4v) is 5.50. The number of nitrogens with zero attached hydrogens (tertiary/aromatic N) is 1. The predicted octanol–water partition coefficient (Wildman–Crippen LogP) is 3.82. The molecule has 3 N–H and O–H groups in total. The van der Waals surface area contributed by atoms with Gasteiger partial charge < -0.3 is 20.6 Å². The SMILES string of the molecule is CC(C)(O)CNC(=O)C12CC(c3ccc(NC(=O)N4Cc5cc(F)cc(F)c5C4)cc3)(C1)C2. The summed E-state index contributed by atoms with van der Waals surface area (Å²) in [5.74, 6) is -1.26. The number of urea groups is 1. The van der Waals surface area contributed by atoms with Gasteiger partial charge in [-0.1, -0.05) is 12.1 Å². The summed E-state index contributed by atoms with van der Waals surface area (Å²) >= 11 is 0. The van der Waals surface area contributed by atoms with E-state index in [1.807, 2.05) is 24.3 Å². The number of carbonyl (C=O) groups is 2. The van der Waals surface area contributed by atoms with Crippen molar-refractivity contribution in [1.29, 1.82) is 0 Å². The maximum Gasteiger partial charge on any atom is 0.322 e. The second-order valence-electron chi connectivity index (χ2n) is 10.5. The van der Waals surface area contributed by atoms with Crippen LogP contribution in [0.15, 0.2) is 36.4 Å². The first-order valence-electron chi connectivity index (χ1n) is 11.1. The summed E-state index contributed by atoms with van der Waals surface area (Å²) in [6.07, 6.45) is 2.37. The Balaban J connectivity index is 1.16. The van der Waals surface area contributed by atoms with Crippen molar-refractivity contribution in [2.24, 2.45) is 5.41 Å². The summed E-state index contributed by atoms with van der Waals surface area (Å²) < 4.78 is 27.4. The molecular formula is C25H27F2N3O3. The molecule has 2 bridgehead atoms. The summed E-state index contributed by atoms with van der Waals surface area (Å²) in [7, 11) is 0. The second-order valence-corrected chi connectivity index (χ2v) is 10.5. The van der Waals surface area contributed by atoms with Crippen LogP contribution in [-0.4, -0.2) is 34.1 Å². The van der Waals surface area contributed by atoms with E-state index in [9.17, 15) is 23.5 Å². The molecule has 0 radical (unpaired) electrons. The Labute approximate surface area is 191 Å². The van der Waals surface area contributed by atoms with E-state index in [-0.39, 0.29) is 42.4 Å². The molecule has 8 heteroatoms. The summed E-state index contributed by atoms with van der Waals surface area (Å²) in [5.41, 5.74) is 1.36. The van der Waals surface area contributed by atoms with E-state index in [0.29, 0.717) is 16.8 Å². The first kappa shape index (κ1) is 21.8. The number of carbonyl (C=O) groups excluding carboxylic acids is 2. The average molecular weight is 456 g/mol. The molecule has 4 aliphatic rings. The van der Waals surface area contributed by atoms with Crippen molar-refractivity contribution in [3.05, 3.63) is 64.7 Å². The highest BCUT2D eigenvalue weighted by atomic mass is 19.1. The number of nitrogens with one attached hydrogen (secondary N) is 2. The van der Waals surface area contributed by atoms with Gasteiger partial charge in [0.1, 0.15) is 11.6 Å². The summed E-state index contributed by atoms with van der Waals surface area (Å²) in [4.78, 5) is 26.6. The molecule has 3 saturated carbocycles. The Hall–Kier alpha value is -3.00. The van der Waals surface area contributed by atoms with Crippen molar-refractivity contribution in [3.63, 3.8) is 0 Å². The molecule has 6 rings (SSSR count). The monoisotopic (exact) mass is 455 g/mol. The Bertz CT molecular complexity index is 1120. The lowest BCUT2D eigenvalue weighted by atomic mass is 9.33. The molecule has 0 unspecified atom stereocenters. The van der Waals surface area contributed by atoms with E-state index in [4.69, 9.17) is 0 Å². The number of aliphatic hydroxyl groups is 1. The van der Waals surface area contributed by atoms with Gasteiger partial charge in [-0.2, -0.15) is 0 Å². The van der Waals surface area contributed by atoms with Gasteiger partial charge in [-0.25, -0.2) is 13.6 Å². The number of benzene rings is 2. The number of rotatable bonds is 5. The molecule has 0 spiro atoms. The number of fused-ring (bicyclic) bond motifs is 1. The third kappa shape index (κ3) is 3.76. The Kier molecular flexibility index (Phi) is 4.79. The van der Waals surface area contributed by atoms with Crippen LogP contribution in [0.5, 0.6) is 0 Å². The Morgan fingerprint density at radius 1 is 1.09 bits per heavy atom. The van der Waals surface area contributed by atoms with Crippen molar-refractivity contribution in [1.82, 2.24) is 10.2 Å². The fourth-order valence-electron chi connectivity index (χ4n) is 5.50. The van der Waals surface area contributed by atoms with Crippen LogP contribution in [0.2, 0.25) is 0 Å². The highest BCUT2D eigenvalue weighted by molar-refractivity contribution is 5.90. The third-order valence-corrected chi connectivity index (χ3v) is 7.19. The molecule has 33 heavy (non-hydrogen) atoms. The van der Waals surface area contributed by atoms with Crippen LogP contribution >= 0.6 is 0 Å². The lowest BCUT2D eigenvalue weighted by molar-refractivity contribution is -0.176. The van der Waals surface area contributed by atoms with Gasteiger partial charge in [-0.05, 0) is 67.9 Å². The Morgan fingerprint density at radius 3 is 2.39 bits per heavy atom. The molecule has 3 aliphatic carbocycles. The molecule has 0 saturated heterocycles. The lowest BCUT2D eigenvalue weighted by Gasteiger charge is -2.69. The van der Waals surface area contributed by atoms with Crippen LogP contribution in [0.25, 0.3) is 0 Å². The van der Waals surface area contributed by atoms with E-state index in [1.165, 1.54) is 11.0 Å². The van der Waals surface area contributed by atoms with Crippen LogP contribution in [-0.2, 0) is 23.3 Å². The maximum absolute atomic E-state index is 14.0. The van der Waals surface area contributed by atoms with Gasteiger partial charge in [-0.3, -0.25) is 4.79 Å². The van der Waals surface area contributed by atoms with E-state index < -0.39 is 17.2 Å². The molecule has 3 fully saturated rings. The zero-order valence-corrected chi connectivity index (χ0v) is 18.7. The minimum absolute atomic E-state index is 0.00675. The summed E-state index contributed by atoms with van der Waals surface area (Å²) in [5, 5.41) is 15.5. The van der Waals surface area contributed by atoms with E-state index in [1.54, 1.807) is 13.8 Å². The van der Waals surface area contributed by atoms with Crippen molar-refractivity contribution in [2.75, 3.05) is 11.9 Å². The number of halogens is 2. The highest BCUT2D eigenvalue weighted by Gasteiger charge is 2.71. The molecule has 0 atom stereocenters. The minimum Gasteiger partial charge on any atom is -0.389 e. The lowest BCUT2D eigenvalue weighted by Crippen LogP contribution is -2.70. The first-order valence-corrected chi connectivity index (χ1v) is 11.1. The van der Waals surface area contributed by atoms with E-state index in [0.717, 1.165) is 30.9 Å². The van der Waals surface area contributed by atoms with Gasteiger partial charge in [0.05, 0.1) is 17.6 Å². The minimum atomic E-state index is -0.931. The van der Waals surface area contributed by atoms with Crippen LogP contribution in [0.1, 0.15) is 49.8 Å². The van der Waals surface area contributed by atoms with Crippen molar-refractivity contribution in [2.45, 2.75) is 57.2 Å². The number of anilines is 1. The van der Waals surface area contributed by atoms with E-state index in [2.05, 4.69) is 10.6 Å². The normalized spacial score (nSPS) is 25.1. The van der Waals surface area contributed by atoms with Gasteiger partial charge in [0.2, 0.25) is 5.91 Å². The van der Waals surface area contributed by atoms with Gasteiger partial charge >= 0.3 is 6.03 Å². The summed E-state index contributed by atoms with van der Waals surface area (Å²) in [6.45, 7) is 3.83. The van der Waals surface area contributed by atoms with Crippen LogP contribution in [0.4, 0.5) is 19.3 Å². The molecule has 0 aromatic heterocycles. The molecule has 6 nitrogen and oxygen atoms in total. The van der Waals surface area contributed by atoms with Crippen molar-refractivity contribution < 1.29 is 23.5 Å². The molecule has 3 amide bonds. The predicted molar refractivity (Wildman–Crippen MR) is 118 cm³/mol. The molecule has 1 heterocycles. The molecule has 2 aromatic carbocycles. The third-order valence-electron chi connectivity index (χ3n) is 7.19. The number of hydrogen-bond acceptors (Lipinski definition) is 3. The summed E-state index contributed by atoms with van der Waals surface area (Å²) in [6, 6.07) is 9.35. The number of hydrogen-bond donors (Lipinski definition) is 3. The topological polar surface area (TPSA) is 81.7 Å². The van der Waals surface area contributed by atoms with Crippen LogP contribution in [0, 0.1) is 17.0 Å². The second kappa shape index (κ2) is 7.25. The smallest absolute Gasteiger partial charge is 0.322 e. The number of amides is 3. The van der Waals surface area contributed by atoms with Crippen LogP contribution in [0.3, 0.4) is 0 Å². The van der Waals surface area contributed by atoms with Crippen molar-refractivity contribution in [3.8, 4) is 0 Å². The highest BCUT2D eigenvalue weighted by Crippen LogP contribution is 2.73. The zero-order chi connectivity index (χ0) is 23.6. The molecule has 1 aliphatic heterocycles. The van der Waals surface area contributed by atoms with E-state index >= 15 is 0 Å². The van der Waals surface area contributed by atoms with Gasteiger partial charge in [0.15, 0.2) is 0 Å². The molecule has 174 valence electrons. The largest absolute Gasteiger partial charge is 0.389 e. The van der Waals surface area contributed by atoms with Crippen LogP contribution < -0.4 is 10.6 Å². The quantitative estimate of drug-likeness (QED) is 0.641. The van der Waals surface area contributed by atoms with Gasteiger partial charge in [0.25, 0.3) is 0 Å². The zero-order valence-electron chi connectivity index (χ0n) is 18.7.